The molecule has 0 aromatic carbocycles. The molecule has 1 aliphatic carbocycles. The number of fused-ring (bicyclic) bond motifs is 1. The predicted octanol–water partition coefficient (Wildman–Crippen LogP) is 3.53. The smallest absolute Gasteiger partial charge is 0.439 e. The number of carbonyl (C=O) groups is 1. The maximum Gasteiger partial charge on any atom is 0.439 e. The number of amides is 1. The molecule has 0 aromatic rings. The molecule has 0 unspecified atom stereocenters. The van der Waals surface area contributed by atoms with Crippen LogP contribution in [0.2, 0.25) is 0 Å². The van der Waals surface area contributed by atoms with E-state index < -0.39 is 23.9 Å². The molecule has 1 N–H and O–H groups in total. The predicted molar refractivity (Wildman–Crippen MR) is 77.6 cm³/mol. The van der Waals surface area contributed by atoms with Gasteiger partial charge in [0.1, 0.15) is 0 Å². The average molecular weight is 336 g/mol. The van der Waals surface area contributed by atoms with E-state index in [2.05, 4.69) is 9.84 Å². The zero-order chi connectivity index (χ0) is 17.6. The Kier molecular flexibility index (Phi) is 4.43. The Bertz CT molecular complexity index is 519. The normalized spacial score (nSPS) is 31.7. The third-order valence-corrected chi connectivity index (χ3v) is 5.49. The molecule has 1 amide bonds. The summed E-state index contributed by atoms with van der Waals surface area (Å²) in [6.45, 7) is 6.02. The summed E-state index contributed by atoms with van der Waals surface area (Å²) in [5.74, 6) is -1.23. The lowest BCUT2D eigenvalue weighted by molar-refractivity contribution is -0.316. The maximum atomic E-state index is 13.6. The fraction of sp³-hybridized carbons (Fsp3) is 0.867. The molecule has 132 valence electrons. The molecular weight excluding hydrogens is 313 g/mol. The molecule has 2 rings (SSSR count). The number of ether oxygens (including phenoxy) is 1. The summed E-state index contributed by atoms with van der Waals surface area (Å²) in [4.78, 5) is 11.7. The van der Waals surface area contributed by atoms with Gasteiger partial charge in [0, 0.05) is 5.71 Å². The second-order valence-corrected chi connectivity index (χ2v) is 6.96. The van der Waals surface area contributed by atoms with E-state index in [1.54, 1.807) is 0 Å². The van der Waals surface area contributed by atoms with Crippen molar-refractivity contribution in [1.82, 2.24) is 5.01 Å². The van der Waals surface area contributed by atoms with Crippen molar-refractivity contribution in [3.63, 3.8) is 0 Å². The zero-order valence-corrected chi connectivity index (χ0v) is 13.8. The van der Waals surface area contributed by atoms with Crippen molar-refractivity contribution in [2.45, 2.75) is 58.4 Å². The highest BCUT2D eigenvalue weighted by molar-refractivity contribution is 5.92. The van der Waals surface area contributed by atoms with Crippen LogP contribution in [0.3, 0.4) is 0 Å². The monoisotopic (exact) mass is 336 g/mol. The Morgan fingerprint density at radius 1 is 1.48 bits per heavy atom. The Balaban J connectivity index is 2.40. The maximum absolute atomic E-state index is 13.6. The Labute approximate surface area is 133 Å². The number of methoxy groups -OCH3 is 1. The molecule has 1 saturated carbocycles. The third-order valence-electron chi connectivity index (χ3n) is 5.49. The van der Waals surface area contributed by atoms with E-state index in [0.29, 0.717) is 12.8 Å². The van der Waals surface area contributed by atoms with Crippen LogP contribution in [0.1, 0.15) is 46.5 Å². The first-order valence-electron chi connectivity index (χ1n) is 7.73. The Morgan fingerprint density at radius 3 is 2.57 bits per heavy atom. The minimum absolute atomic E-state index is 0.0166. The van der Waals surface area contributed by atoms with Crippen molar-refractivity contribution in [3.05, 3.63) is 0 Å². The molecule has 0 aromatic heterocycles. The van der Waals surface area contributed by atoms with Crippen LogP contribution in [-0.2, 0) is 4.74 Å². The van der Waals surface area contributed by atoms with Crippen LogP contribution in [0.4, 0.5) is 18.0 Å². The number of halogens is 3. The minimum atomic E-state index is -5.02. The van der Waals surface area contributed by atoms with Crippen molar-refractivity contribution < 1.29 is 27.8 Å². The van der Waals surface area contributed by atoms with E-state index in [9.17, 15) is 23.1 Å². The molecule has 0 radical (unpaired) electrons. The van der Waals surface area contributed by atoms with Crippen LogP contribution >= 0.6 is 0 Å². The van der Waals surface area contributed by atoms with Gasteiger partial charge in [-0.05, 0) is 30.6 Å². The van der Waals surface area contributed by atoms with Crippen LogP contribution in [0, 0.1) is 17.3 Å². The molecule has 1 heterocycles. The van der Waals surface area contributed by atoms with Crippen molar-refractivity contribution in [1.29, 1.82) is 0 Å². The molecular formula is C15H23F3N2O3. The van der Waals surface area contributed by atoms with Gasteiger partial charge < -0.3 is 9.84 Å². The second-order valence-electron chi connectivity index (χ2n) is 6.96. The van der Waals surface area contributed by atoms with Crippen LogP contribution in [0.5, 0.6) is 0 Å². The average Bonchev–Trinajstić information content (AvgIpc) is 2.80. The molecule has 3 atom stereocenters. The number of nitrogens with zero attached hydrogens (tertiary/aromatic N) is 2. The minimum Gasteiger partial charge on any atom is -0.451 e. The Morgan fingerprint density at radius 2 is 2.09 bits per heavy atom. The summed E-state index contributed by atoms with van der Waals surface area (Å²) in [6.07, 6.45) is -4.33. The number of hydrazone groups is 1. The third kappa shape index (κ3) is 2.70. The first-order chi connectivity index (χ1) is 10.5. The van der Waals surface area contributed by atoms with Crippen molar-refractivity contribution in [2.75, 3.05) is 7.11 Å². The molecule has 8 heteroatoms. The first-order valence-corrected chi connectivity index (χ1v) is 7.73. The van der Waals surface area contributed by atoms with Gasteiger partial charge in [0.15, 0.2) is 0 Å². The molecule has 5 nitrogen and oxygen atoms in total. The van der Waals surface area contributed by atoms with Gasteiger partial charge in [-0.3, -0.25) is 0 Å². The van der Waals surface area contributed by atoms with E-state index >= 15 is 0 Å². The molecule has 23 heavy (non-hydrogen) atoms. The molecule has 1 fully saturated rings. The van der Waals surface area contributed by atoms with Gasteiger partial charge in [-0.2, -0.15) is 23.3 Å². The summed E-state index contributed by atoms with van der Waals surface area (Å²) in [5.41, 5.74) is -3.26. The van der Waals surface area contributed by atoms with Gasteiger partial charge >= 0.3 is 12.3 Å². The molecule has 0 bridgehead atoms. The number of hydrogen-bond acceptors (Lipinski definition) is 4. The van der Waals surface area contributed by atoms with Crippen LogP contribution in [0.15, 0.2) is 5.10 Å². The number of carbonyl (C=O) groups excluding carboxylic acids is 1. The number of aliphatic hydroxyl groups is 1. The van der Waals surface area contributed by atoms with Crippen molar-refractivity contribution in [3.8, 4) is 0 Å². The largest absolute Gasteiger partial charge is 0.451 e. The fourth-order valence-electron chi connectivity index (χ4n) is 3.49. The Hall–Kier alpha value is -1.31. The van der Waals surface area contributed by atoms with E-state index in [0.717, 1.165) is 13.5 Å². The van der Waals surface area contributed by atoms with E-state index in [1.165, 1.54) is 0 Å². The molecule has 1 aliphatic heterocycles. The summed E-state index contributed by atoms with van der Waals surface area (Å²) < 4.78 is 45.2. The van der Waals surface area contributed by atoms with Gasteiger partial charge in [-0.25, -0.2) is 4.79 Å². The van der Waals surface area contributed by atoms with Crippen molar-refractivity contribution in [2.24, 2.45) is 22.4 Å². The van der Waals surface area contributed by atoms with Crippen LogP contribution < -0.4 is 0 Å². The van der Waals surface area contributed by atoms with Gasteiger partial charge in [0.25, 0.3) is 5.72 Å². The lowest BCUT2D eigenvalue weighted by atomic mass is 9.64. The van der Waals surface area contributed by atoms with Crippen LogP contribution in [-0.4, -0.2) is 40.9 Å². The molecule has 0 saturated heterocycles. The standard InChI is InChI=1S/C15H23F3N2O3/c1-5-13(2,3)9-6-7-11-10(8-9)14(22,15(16,17)18)20(19-11)12(21)23-4/h9-10,22H,5-8H2,1-4H3/t9-,10-,14+/m1/s1. The second kappa shape index (κ2) is 5.65. The molecule has 2 aliphatic rings. The fourth-order valence-corrected chi connectivity index (χ4v) is 3.49. The highest BCUT2D eigenvalue weighted by atomic mass is 19.4. The lowest BCUT2D eigenvalue weighted by Crippen LogP contribution is -2.62. The van der Waals surface area contributed by atoms with Gasteiger partial charge in [0.2, 0.25) is 0 Å². The van der Waals surface area contributed by atoms with E-state index in [-0.39, 0.29) is 28.5 Å². The first kappa shape index (κ1) is 18.0. The topological polar surface area (TPSA) is 62.1 Å². The number of hydrogen-bond donors (Lipinski definition) is 1. The van der Waals surface area contributed by atoms with Gasteiger partial charge in [-0.15, -0.1) is 0 Å². The van der Waals surface area contributed by atoms with E-state index in [1.807, 2.05) is 20.8 Å². The number of alkyl halides is 3. The zero-order valence-electron chi connectivity index (χ0n) is 13.8. The summed E-state index contributed by atoms with van der Waals surface area (Å²) >= 11 is 0. The highest BCUT2D eigenvalue weighted by Gasteiger charge is 2.69. The van der Waals surface area contributed by atoms with E-state index in [4.69, 9.17) is 0 Å². The number of rotatable bonds is 2. The summed E-state index contributed by atoms with van der Waals surface area (Å²) in [5, 5.41) is 14.2. The summed E-state index contributed by atoms with van der Waals surface area (Å²) in [7, 11) is 0.963. The van der Waals surface area contributed by atoms with Crippen LogP contribution in [0.25, 0.3) is 0 Å². The quantitative estimate of drug-likeness (QED) is 0.839. The summed E-state index contributed by atoms with van der Waals surface area (Å²) in [6, 6.07) is 0. The van der Waals surface area contributed by atoms with Gasteiger partial charge in [-0.1, -0.05) is 27.2 Å². The van der Waals surface area contributed by atoms with Crippen molar-refractivity contribution >= 4 is 11.8 Å². The lowest BCUT2D eigenvalue weighted by Gasteiger charge is -2.43. The molecule has 0 spiro atoms. The highest BCUT2D eigenvalue weighted by Crippen LogP contribution is 2.52. The van der Waals surface area contributed by atoms with Gasteiger partial charge in [0.05, 0.1) is 13.0 Å². The SMILES string of the molecule is CCC(C)(C)[C@@H]1CCC2=NN(C(=O)OC)[C@@](O)(C(F)(F)F)[C@@H]2C1.